The molecule has 0 atom stereocenters. The van der Waals surface area contributed by atoms with Gasteiger partial charge in [0.1, 0.15) is 5.60 Å². The standard InChI is InChI=1S/C17H27N3O5/c1-17(2,3)25-16(22)18-11-7-5-4-6-8-12-19-13-14(20(23)24)9-10-15(19)21/h9-10,13H,4-8,11-12H2,1-3H3,(H,18,22). The van der Waals surface area contributed by atoms with E-state index in [0.29, 0.717) is 13.1 Å². The zero-order valence-electron chi connectivity index (χ0n) is 15.1. The summed E-state index contributed by atoms with van der Waals surface area (Å²) in [5.74, 6) is 0. The fourth-order valence-electron chi connectivity index (χ4n) is 2.24. The Morgan fingerprint density at radius 3 is 2.48 bits per heavy atom. The highest BCUT2D eigenvalue weighted by Crippen LogP contribution is 2.09. The van der Waals surface area contributed by atoms with Crippen molar-refractivity contribution in [2.45, 2.75) is 65.0 Å². The second-order valence-corrected chi connectivity index (χ2v) is 6.87. The average Bonchev–Trinajstić information content (AvgIpc) is 2.49. The van der Waals surface area contributed by atoms with Crippen LogP contribution in [-0.4, -0.2) is 27.7 Å². The SMILES string of the molecule is CC(C)(C)OC(=O)NCCCCCCCn1cc([N+](=O)[O-])ccc1=O. The maximum Gasteiger partial charge on any atom is 0.407 e. The second-order valence-electron chi connectivity index (χ2n) is 6.87. The Labute approximate surface area is 147 Å². The first-order chi connectivity index (χ1) is 11.7. The van der Waals surface area contributed by atoms with Crippen LogP contribution in [0.15, 0.2) is 23.1 Å². The van der Waals surface area contributed by atoms with Gasteiger partial charge in [-0.3, -0.25) is 14.9 Å². The van der Waals surface area contributed by atoms with Crippen LogP contribution in [0.5, 0.6) is 0 Å². The first kappa shape index (κ1) is 20.7. The number of aryl methyl sites for hydroxylation is 1. The summed E-state index contributed by atoms with van der Waals surface area (Å²) < 4.78 is 6.52. The molecule has 0 aromatic carbocycles. The molecule has 0 aliphatic carbocycles. The van der Waals surface area contributed by atoms with Crippen LogP contribution in [0.25, 0.3) is 0 Å². The number of unbranched alkanes of at least 4 members (excludes halogenated alkanes) is 4. The first-order valence-corrected chi connectivity index (χ1v) is 8.51. The van der Waals surface area contributed by atoms with Crippen LogP contribution in [0.2, 0.25) is 0 Å². The molecular formula is C17H27N3O5. The Kier molecular flexibility index (Phi) is 8.10. The molecule has 0 bridgehead atoms. The number of carbonyl (C=O) groups is 1. The molecule has 0 radical (unpaired) electrons. The predicted molar refractivity (Wildman–Crippen MR) is 94.7 cm³/mol. The average molecular weight is 353 g/mol. The van der Waals surface area contributed by atoms with Gasteiger partial charge in [0.15, 0.2) is 0 Å². The first-order valence-electron chi connectivity index (χ1n) is 8.51. The molecule has 0 aliphatic heterocycles. The molecule has 1 aromatic rings. The van der Waals surface area contributed by atoms with Crippen LogP contribution in [0.4, 0.5) is 10.5 Å². The monoisotopic (exact) mass is 353 g/mol. The molecule has 1 aromatic heterocycles. The van der Waals surface area contributed by atoms with Crippen molar-refractivity contribution < 1.29 is 14.5 Å². The molecule has 0 saturated carbocycles. The van der Waals surface area contributed by atoms with E-state index in [-0.39, 0.29) is 11.2 Å². The van der Waals surface area contributed by atoms with Gasteiger partial charge in [0, 0.05) is 25.2 Å². The molecule has 0 aliphatic rings. The second kappa shape index (κ2) is 9.80. The van der Waals surface area contributed by atoms with Gasteiger partial charge in [-0.2, -0.15) is 0 Å². The molecule has 1 N–H and O–H groups in total. The zero-order chi connectivity index (χ0) is 18.9. The van der Waals surface area contributed by atoms with E-state index in [4.69, 9.17) is 4.74 Å². The number of nitrogens with zero attached hydrogens (tertiary/aromatic N) is 2. The van der Waals surface area contributed by atoms with Gasteiger partial charge in [-0.1, -0.05) is 19.3 Å². The predicted octanol–water partition coefficient (Wildman–Crippen LogP) is 3.23. The van der Waals surface area contributed by atoms with Crippen LogP contribution in [0, 0.1) is 10.1 Å². The molecule has 25 heavy (non-hydrogen) atoms. The molecule has 0 unspecified atom stereocenters. The summed E-state index contributed by atoms with van der Waals surface area (Å²) in [6.45, 7) is 6.49. The minimum Gasteiger partial charge on any atom is -0.444 e. The summed E-state index contributed by atoms with van der Waals surface area (Å²) in [6.07, 6.45) is 5.36. The molecule has 0 fully saturated rings. The van der Waals surface area contributed by atoms with Gasteiger partial charge in [0.05, 0.1) is 11.1 Å². The minimum atomic E-state index is -0.506. The van der Waals surface area contributed by atoms with E-state index >= 15 is 0 Å². The smallest absolute Gasteiger partial charge is 0.407 e. The number of nitro groups is 1. The van der Waals surface area contributed by atoms with E-state index in [9.17, 15) is 19.7 Å². The molecule has 1 amide bonds. The molecule has 8 nitrogen and oxygen atoms in total. The summed E-state index contributed by atoms with van der Waals surface area (Å²) in [7, 11) is 0. The Balaban J connectivity index is 2.15. The number of aromatic nitrogens is 1. The lowest BCUT2D eigenvalue weighted by Crippen LogP contribution is -2.32. The molecule has 1 heterocycles. The van der Waals surface area contributed by atoms with Gasteiger partial charge in [-0.15, -0.1) is 0 Å². The van der Waals surface area contributed by atoms with Gasteiger partial charge in [0.2, 0.25) is 0 Å². The van der Waals surface area contributed by atoms with Crippen LogP contribution < -0.4 is 10.9 Å². The maximum absolute atomic E-state index is 11.7. The lowest BCUT2D eigenvalue weighted by atomic mass is 10.1. The lowest BCUT2D eigenvalue weighted by Gasteiger charge is -2.19. The largest absolute Gasteiger partial charge is 0.444 e. The molecule has 8 heteroatoms. The van der Waals surface area contributed by atoms with Gasteiger partial charge >= 0.3 is 6.09 Å². The van der Waals surface area contributed by atoms with Gasteiger partial charge in [-0.05, 0) is 33.6 Å². The van der Waals surface area contributed by atoms with E-state index in [2.05, 4.69) is 5.32 Å². The molecule has 0 saturated heterocycles. The zero-order valence-corrected chi connectivity index (χ0v) is 15.1. The number of carbonyl (C=O) groups excluding carboxylic acids is 1. The van der Waals surface area contributed by atoms with E-state index in [1.165, 1.54) is 22.9 Å². The highest BCUT2D eigenvalue weighted by Gasteiger charge is 2.15. The topological polar surface area (TPSA) is 103 Å². The van der Waals surface area contributed by atoms with E-state index in [1.807, 2.05) is 20.8 Å². The number of amides is 1. The van der Waals surface area contributed by atoms with Crippen LogP contribution in [-0.2, 0) is 11.3 Å². The Morgan fingerprint density at radius 1 is 1.20 bits per heavy atom. The third kappa shape index (κ3) is 8.88. The summed E-state index contributed by atoms with van der Waals surface area (Å²) >= 11 is 0. The van der Waals surface area contributed by atoms with Crippen molar-refractivity contribution in [1.82, 2.24) is 9.88 Å². The minimum absolute atomic E-state index is 0.0761. The number of hydrogen-bond acceptors (Lipinski definition) is 5. The van der Waals surface area contributed by atoms with Gasteiger partial charge < -0.3 is 14.6 Å². The highest BCUT2D eigenvalue weighted by molar-refractivity contribution is 5.67. The van der Waals surface area contributed by atoms with E-state index < -0.39 is 16.6 Å². The molecule has 1 rings (SSSR count). The fraction of sp³-hybridized carbons (Fsp3) is 0.647. The van der Waals surface area contributed by atoms with Crippen LogP contribution >= 0.6 is 0 Å². The summed E-state index contributed by atoms with van der Waals surface area (Å²) in [5, 5.41) is 13.4. The number of nitrogens with one attached hydrogen (secondary N) is 1. The number of rotatable bonds is 9. The van der Waals surface area contributed by atoms with Crippen molar-refractivity contribution in [1.29, 1.82) is 0 Å². The van der Waals surface area contributed by atoms with Crippen molar-refractivity contribution in [2.24, 2.45) is 0 Å². The van der Waals surface area contributed by atoms with Crippen molar-refractivity contribution in [3.8, 4) is 0 Å². The number of hydrogen-bond donors (Lipinski definition) is 1. The van der Waals surface area contributed by atoms with E-state index in [1.54, 1.807) is 0 Å². The summed E-state index contributed by atoms with van der Waals surface area (Å²) in [4.78, 5) is 33.3. The molecule has 140 valence electrons. The van der Waals surface area contributed by atoms with Crippen LogP contribution in [0.1, 0.15) is 52.9 Å². The number of ether oxygens (including phenoxy) is 1. The van der Waals surface area contributed by atoms with Crippen LogP contribution in [0.3, 0.4) is 0 Å². The highest BCUT2D eigenvalue weighted by atomic mass is 16.6. The summed E-state index contributed by atoms with van der Waals surface area (Å²) in [5.41, 5.74) is -0.797. The van der Waals surface area contributed by atoms with Crippen molar-refractivity contribution in [3.05, 3.63) is 38.8 Å². The lowest BCUT2D eigenvalue weighted by molar-refractivity contribution is -0.385. The Bertz CT molecular complexity index is 634. The normalized spacial score (nSPS) is 11.2. The summed E-state index contributed by atoms with van der Waals surface area (Å²) in [6, 6.07) is 2.44. The molecular weight excluding hydrogens is 326 g/mol. The third-order valence-electron chi connectivity index (χ3n) is 3.42. The third-order valence-corrected chi connectivity index (χ3v) is 3.42. The van der Waals surface area contributed by atoms with Gasteiger partial charge in [0.25, 0.3) is 11.2 Å². The Hall–Kier alpha value is -2.38. The number of alkyl carbamates (subject to hydrolysis) is 1. The van der Waals surface area contributed by atoms with Crippen molar-refractivity contribution in [2.75, 3.05) is 6.54 Å². The van der Waals surface area contributed by atoms with Crippen molar-refractivity contribution in [3.63, 3.8) is 0 Å². The van der Waals surface area contributed by atoms with Gasteiger partial charge in [-0.25, -0.2) is 4.79 Å². The number of pyridine rings is 1. The van der Waals surface area contributed by atoms with Crippen molar-refractivity contribution >= 4 is 11.8 Å². The van der Waals surface area contributed by atoms with E-state index in [0.717, 1.165) is 32.1 Å². The maximum atomic E-state index is 11.7. The fourth-order valence-corrected chi connectivity index (χ4v) is 2.24. The molecule has 0 spiro atoms. The quantitative estimate of drug-likeness (QED) is 0.417. The Morgan fingerprint density at radius 2 is 1.84 bits per heavy atom.